The van der Waals surface area contributed by atoms with Crippen LogP contribution >= 0.6 is 11.6 Å². The number of aromatic nitrogens is 2. The molecule has 22 heavy (non-hydrogen) atoms. The first kappa shape index (κ1) is 16.0. The van der Waals surface area contributed by atoms with Crippen LogP contribution in [0.15, 0.2) is 24.3 Å². The van der Waals surface area contributed by atoms with E-state index >= 15 is 0 Å². The van der Waals surface area contributed by atoms with Crippen molar-refractivity contribution in [1.82, 2.24) is 15.1 Å². The Bertz CT molecular complexity index is 707. The first-order chi connectivity index (χ1) is 10.5. The van der Waals surface area contributed by atoms with Gasteiger partial charge in [-0.05, 0) is 38.1 Å². The molecule has 0 unspecified atom stereocenters. The Labute approximate surface area is 133 Å². The number of nitrogens with one attached hydrogen (secondary N) is 2. The lowest BCUT2D eigenvalue weighted by atomic mass is 10.2. The van der Waals surface area contributed by atoms with E-state index in [0.29, 0.717) is 34.2 Å². The van der Waals surface area contributed by atoms with E-state index in [-0.39, 0.29) is 11.8 Å². The average Bonchev–Trinajstić information content (AvgIpc) is 2.82. The summed E-state index contributed by atoms with van der Waals surface area (Å²) in [4.78, 5) is 23.8. The molecule has 0 atom stereocenters. The van der Waals surface area contributed by atoms with Gasteiger partial charge >= 0.3 is 0 Å². The molecule has 1 aromatic carbocycles. The zero-order chi connectivity index (χ0) is 16.3. The maximum Gasteiger partial charge on any atom is 0.275 e. The highest BCUT2D eigenvalue weighted by molar-refractivity contribution is 6.34. The lowest BCUT2D eigenvalue weighted by molar-refractivity contribution is 0.0962. The van der Waals surface area contributed by atoms with Gasteiger partial charge in [-0.1, -0.05) is 11.6 Å². The molecule has 1 aromatic heterocycles. The van der Waals surface area contributed by atoms with Gasteiger partial charge in [-0.3, -0.25) is 14.3 Å². The molecule has 2 aromatic rings. The van der Waals surface area contributed by atoms with E-state index in [1.54, 1.807) is 42.9 Å². The van der Waals surface area contributed by atoms with Crippen molar-refractivity contribution in [2.24, 2.45) is 0 Å². The fraction of sp³-hybridized carbons (Fsp3) is 0.267. The number of carbonyl (C=O) groups excluding carboxylic acids is 2. The summed E-state index contributed by atoms with van der Waals surface area (Å²) in [5, 5.41) is 9.85. The number of hydrogen-bond acceptors (Lipinski definition) is 3. The first-order valence-corrected chi connectivity index (χ1v) is 7.22. The summed E-state index contributed by atoms with van der Waals surface area (Å²) < 4.78 is 1.56. The summed E-state index contributed by atoms with van der Waals surface area (Å²) in [6, 6.07) is 6.60. The molecule has 2 amide bonds. The molecule has 0 spiro atoms. The van der Waals surface area contributed by atoms with Gasteiger partial charge in [0.1, 0.15) is 5.69 Å². The summed E-state index contributed by atoms with van der Waals surface area (Å²) in [5.41, 5.74) is 2.05. The molecular formula is C15H17ClN4O2. The monoisotopic (exact) mass is 320 g/mol. The van der Waals surface area contributed by atoms with Crippen LogP contribution in [0.4, 0.5) is 5.69 Å². The molecule has 1 heterocycles. The van der Waals surface area contributed by atoms with Crippen molar-refractivity contribution in [1.29, 1.82) is 0 Å². The van der Waals surface area contributed by atoms with E-state index in [0.717, 1.165) is 0 Å². The highest BCUT2D eigenvalue weighted by Crippen LogP contribution is 2.21. The number of benzene rings is 1. The fourth-order valence-corrected chi connectivity index (χ4v) is 2.27. The Balaban J connectivity index is 2.21. The van der Waals surface area contributed by atoms with E-state index in [4.69, 9.17) is 11.6 Å². The lowest BCUT2D eigenvalue weighted by Gasteiger charge is -2.08. The van der Waals surface area contributed by atoms with Crippen LogP contribution in [0.3, 0.4) is 0 Å². The van der Waals surface area contributed by atoms with Gasteiger partial charge in [0.05, 0.1) is 10.7 Å². The van der Waals surface area contributed by atoms with Crippen LogP contribution in [-0.4, -0.2) is 28.6 Å². The van der Waals surface area contributed by atoms with Gasteiger partial charge in [0.2, 0.25) is 0 Å². The van der Waals surface area contributed by atoms with Crippen LogP contribution in [0.2, 0.25) is 5.02 Å². The van der Waals surface area contributed by atoms with Crippen molar-refractivity contribution in [2.45, 2.75) is 20.4 Å². The second-order valence-electron chi connectivity index (χ2n) is 4.67. The van der Waals surface area contributed by atoms with Crippen molar-refractivity contribution in [3.63, 3.8) is 0 Å². The molecule has 0 aliphatic heterocycles. The van der Waals surface area contributed by atoms with E-state index in [1.165, 1.54) is 0 Å². The predicted molar refractivity (Wildman–Crippen MR) is 85.4 cm³/mol. The molecule has 0 saturated carbocycles. The third-order valence-electron chi connectivity index (χ3n) is 3.20. The number of halogens is 1. The SMILES string of the molecule is CCn1nc(C)c(Cl)c1C(=O)Nc1ccc(C(=O)NC)cc1. The van der Waals surface area contributed by atoms with Crippen molar-refractivity contribution < 1.29 is 9.59 Å². The summed E-state index contributed by atoms with van der Waals surface area (Å²) in [7, 11) is 1.56. The summed E-state index contributed by atoms with van der Waals surface area (Å²) in [6.45, 7) is 4.19. The molecule has 7 heteroatoms. The minimum Gasteiger partial charge on any atom is -0.355 e. The van der Waals surface area contributed by atoms with Gasteiger partial charge in [-0.15, -0.1) is 0 Å². The predicted octanol–water partition coefficient (Wildman–Crippen LogP) is 2.48. The minimum atomic E-state index is -0.333. The van der Waals surface area contributed by atoms with Crippen LogP contribution in [0.25, 0.3) is 0 Å². The van der Waals surface area contributed by atoms with E-state index in [1.807, 2.05) is 6.92 Å². The molecule has 0 radical (unpaired) electrons. The standard InChI is InChI=1S/C15H17ClN4O2/c1-4-20-13(12(16)9(2)19-20)15(22)18-11-7-5-10(6-8-11)14(21)17-3/h5-8H,4H2,1-3H3,(H,17,21)(H,18,22). The molecule has 0 bridgehead atoms. The second kappa shape index (κ2) is 6.62. The fourth-order valence-electron chi connectivity index (χ4n) is 2.04. The molecule has 0 fully saturated rings. The number of nitrogens with zero attached hydrogens (tertiary/aromatic N) is 2. The minimum absolute atomic E-state index is 0.180. The number of rotatable bonds is 4. The lowest BCUT2D eigenvalue weighted by Crippen LogP contribution is -2.19. The first-order valence-electron chi connectivity index (χ1n) is 6.84. The van der Waals surface area contributed by atoms with Crippen molar-refractivity contribution >= 4 is 29.1 Å². The van der Waals surface area contributed by atoms with Gasteiger partial charge in [0.25, 0.3) is 11.8 Å². The summed E-state index contributed by atoms with van der Waals surface area (Å²) >= 11 is 6.14. The smallest absolute Gasteiger partial charge is 0.275 e. The van der Waals surface area contributed by atoms with Gasteiger partial charge in [-0.2, -0.15) is 5.10 Å². The summed E-state index contributed by atoms with van der Waals surface area (Å²) in [6.07, 6.45) is 0. The number of aryl methyl sites for hydroxylation is 2. The van der Waals surface area contributed by atoms with E-state index in [9.17, 15) is 9.59 Å². The van der Waals surface area contributed by atoms with Gasteiger partial charge in [0, 0.05) is 24.8 Å². The van der Waals surface area contributed by atoms with Crippen molar-refractivity contribution in [2.75, 3.05) is 12.4 Å². The molecular weight excluding hydrogens is 304 g/mol. The van der Waals surface area contributed by atoms with Gasteiger partial charge < -0.3 is 10.6 Å². The molecule has 2 N–H and O–H groups in total. The highest BCUT2D eigenvalue weighted by atomic mass is 35.5. The van der Waals surface area contributed by atoms with Crippen LogP contribution in [0.5, 0.6) is 0 Å². The number of hydrogen-bond donors (Lipinski definition) is 2. The van der Waals surface area contributed by atoms with Crippen molar-refractivity contribution in [3.8, 4) is 0 Å². The van der Waals surface area contributed by atoms with Crippen LogP contribution in [0.1, 0.15) is 33.5 Å². The van der Waals surface area contributed by atoms with E-state index in [2.05, 4.69) is 15.7 Å². The maximum absolute atomic E-state index is 12.4. The third kappa shape index (κ3) is 3.12. The second-order valence-corrected chi connectivity index (χ2v) is 5.05. The zero-order valence-electron chi connectivity index (χ0n) is 12.6. The normalized spacial score (nSPS) is 10.4. The molecule has 0 aliphatic rings. The molecule has 116 valence electrons. The quantitative estimate of drug-likeness (QED) is 0.908. The Morgan fingerprint density at radius 2 is 1.86 bits per heavy atom. The summed E-state index contributed by atoms with van der Waals surface area (Å²) in [5.74, 6) is -0.513. The maximum atomic E-state index is 12.4. The van der Waals surface area contributed by atoms with Gasteiger partial charge in [-0.25, -0.2) is 0 Å². The van der Waals surface area contributed by atoms with Crippen LogP contribution < -0.4 is 10.6 Å². The number of amides is 2. The zero-order valence-corrected chi connectivity index (χ0v) is 13.4. The molecule has 0 aliphatic carbocycles. The van der Waals surface area contributed by atoms with Crippen LogP contribution in [0, 0.1) is 6.92 Å². The number of carbonyl (C=O) groups is 2. The Morgan fingerprint density at radius 3 is 2.41 bits per heavy atom. The molecule has 0 saturated heterocycles. The largest absolute Gasteiger partial charge is 0.355 e. The number of anilines is 1. The average molecular weight is 321 g/mol. The highest BCUT2D eigenvalue weighted by Gasteiger charge is 2.19. The Morgan fingerprint density at radius 1 is 1.23 bits per heavy atom. The van der Waals surface area contributed by atoms with E-state index < -0.39 is 0 Å². The molecule has 6 nitrogen and oxygen atoms in total. The Kier molecular flexibility index (Phi) is 4.82. The Hall–Kier alpha value is -2.34. The topological polar surface area (TPSA) is 76.0 Å². The molecule has 2 rings (SSSR count). The van der Waals surface area contributed by atoms with Crippen molar-refractivity contribution in [3.05, 3.63) is 46.2 Å². The van der Waals surface area contributed by atoms with Gasteiger partial charge in [0.15, 0.2) is 0 Å². The van der Waals surface area contributed by atoms with Crippen LogP contribution in [-0.2, 0) is 6.54 Å². The third-order valence-corrected chi connectivity index (χ3v) is 3.65.